The van der Waals surface area contributed by atoms with E-state index in [0.29, 0.717) is 17.6 Å². The zero-order valence-corrected chi connectivity index (χ0v) is 29.6. The molecule has 0 N–H and O–H groups in total. The van der Waals surface area contributed by atoms with E-state index in [1.54, 1.807) is 0 Å². The molecule has 0 aromatic rings. The van der Waals surface area contributed by atoms with Crippen LogP contribution in [-0.4, -0.2) is 40.9 Å². The number of carbonyl (C=O) groups is 1. The number of ether oxygens (including phenoxy) is 1. The van der Waals surface area contributed by atoms with Crippen LogP contribution in [0.1, 0.15) is 101 Å². The first-order valence-electron chi connectivity index (χ1n) is 17.0. The summed E-state index contributed by atoms with van der Waals surface area (Å²) in [6.45, 7) is 24.7. The largest absolute Gasteiger partial charge is 0.413 e. The lowest BCUT2D eigenvalue weighted by molar-refractivity contribution is -0.395. The molecule has 6 heteroatoms. The highest BCUT2D eigenvalue weighted by atomic mass is 28.4. The van der Waals surface area contributed by atoms with Gasteiger partial charge in [0.1, 0.15) is 0 Å². The third-order valence-electron chi connectivity index (χ3n) is 14.6. The molecule has 6 aliphatic rings. The van der Waals surface area contributed by atoms with E-state index >= 15 is 0 Å². The number of rotatable bonds is 10. The maximum atomic E-state index is 13.4. The third kappa shape index (κ3) is 3.87. The van der Waals surface area contributed by atoms with Crippen molar-refractivity contribution in [2.24, 2.45) is 39.4 Å². The van der Waals surface area contributed by atoms with E-state index in [1.807, 2.05) is 6.08 Å². The Morgan fingerprint density at radius 3 is 1.98 bits per heavy atom. The van der Waals surface area contributed by atoms with Gasteiger partial charge in [0.05, 0.1) is 12.7 Å². The van der Waals surface area contributed by atoms with Crippen molar-refractivity contribution in [2.75, 3.05) is 6.61 Å². The summed E-state index contributed by atoms with van der Waals surface area (Å²) < 4.78 is 22.3. The van der Waals surface area contributed by atoms with Crippen molar-refractivity contribution in [2.45, 2.75) is 149 Å². The van der Waals surface area contributed by atoms with E-state index in [0.717, 1.165) is 50.4 Å². The first-order valence-corrected chi connectivity index (χ1v) is 22.1. The molecule has 0 aromatic heterocycles. The molecule has 1 unspecified atom stereocenters. The number of carbonyl (C=O) groups excluding carboxylic acids is 1. The molecule has 228 valence electrons. The van der Waals surface area contributed by atoms with Crippen LogP contribution in [0.25, 0.3) is 0 Å². The van der Waals surface area contributed by atoms with Gasteiger partial charge in [-0.05, 0) is 85.8 Å². The second kappa shape index (κ2) is 10.1. The predicted molar refractivity (Wildman–Crippen MR) is 169 cm³/mol. The summed E-state index contributed by atoms with van der Waals surface area (Å²) in [6, 6.07) is 6.97. The fourth-order valence-electron chi connectivity index (χ4n) is 11.3. The van der Waals surface area contributed by atoms with Gasteiger partial charge >= 0.3 is 0 Å². The van der Waals surface area contributed by atoms with E-state index in [1.165, 1.54) is 24.6 Å². The van der Waals surface area contributed by atoms with Crippen LogP contribution < -0.4 is 0 Å². The molecular weight excluding hydrogens is 529 g/mol. The number of hydrogen-bond acceptors (Lipinski definition) is 4. The second-order valence-corrected chi connectivity index (χ2v) is 25.0. The van der Waals surface area contributed by atoms with Crippen LogP contribution in [0.4, 0.5) is 0 Å². The van der Waals surface area contributed by atoms with Crippen molar-refractivity contribution >= 4 is 22.4 Å². The van der Waals surface area contributed by atoms with Gasteiger partial charge in [-0.3, -0.25) is 4.79 Å². The van der Waals surface area contributed by atoms with Crippen molar-refractivity contribution in [3.8, 4) is 0 Å². The van der Waals surface area contributed by atoms with E-state index in [-0.39, 0.29) is 33.7 Å². The Morgan fingerprint density at radius 2 is 1.45 bits per heavy atom. The van der Waals surface area contributed by atoms with E-state index in [9.17, 15) is 4.79 Å². The molecule has 2 heterocycles. The predicted octanol–water partition coefficient (Wildman–Crippen LogP) is 9.13. The van der Waals surface area contributed by atoms with E-state index in [4.69, 9.17) is 13.6 Å². The maximum Gasteiger partial charge on any atom is 0.195 e. The van der Waals surface area contributed by atoms with Crippen LogP contribution in [0.15, 0.2) is 12.2 Å². The van der Waals surface area contributed by atoms with Crippen molar-refractivity contribution in [3.63, 3.8) is 0 Å². The Balaban J connectivity index is 1.62. The molecule has 5 fully saturated rings. The quantitative estimate of drug-likeness (QED) is 0.239. The minimum atomic E-state index is -1.88. The Bertz CT molecular complexity index is 989. The molecule has 2 saturated heterocycles. The lowest BCUT2D eigenvalue weighted by Gasteiger charge is -2.75. The average Bonchev–Trinajstić information content (AvgIpc) is 3.27. The van der Waals surface area contributed by atoms with Gasteiger partial charge in [-0.15, -0.1) is 0 Å². The first kappa shape index (κ1) is 31.2. The van der Waals surface area contributed by atoms with Gasteiger partial charge in [0.2, 0.25) is 0 Å². The lowest BCUT2D eigenvalue weighted by atomic mass is 9.35. The van der Waals surface area contributed by atoms with Gasteiger partial charge in [-0.1, -0.05) is 75.3 Å². The molecular formula is C34H60O4Si2. The van der Waals surface area contributed by atoms with E-state index < -0.39 is 22.4 Å². The van der Waals surface area contributed by atoms with Crippen LogP contribution >= 0.6 is 0 Å². The van der Waals surface area contributed by atoms with Gasteiger partial charge in [-0.2, -0.15) is 0 Å². The summed E-state index contributed by atoms with van der Waals surface area (Å²) in [5.74, 6) is 1.12. The minimum absolute atomic E-state index is 0.0592. The molecule has 0 radical (unpaired) electrons. The molecule has 3 saturated carbocycles. The molecule has 1 spiro atoms. The maximum absolute atomic E-state index is 13.4. The standard InChI is InChI=1S/C34H60O4Si2/c1-11-39(12-2,13-3)37-29-23-27-30(7,8)34(38-40(14-4,15-5)16-6)22-21-33(27,24-36-34)26-19-20-31(9)25(32(26,29)10)17-18-28(31)35/h17-18,25-27,29H,11-16,19-24H2,1-10H3/t25-,26+,27+,29-,31-,32+,33+,34?/m1/s1. The van der Waals surface area contributed by atoms with Crippen LogP contribution in [0.3, 0.4) is 0 Å². The third-order valence-corrected chi connectivity index (χ3v) is 23.9. The topological polar surface area (TPSA) is 44.8 Å². The Labute approximate surface area is 248 Å². The van der Waals surface area contributed by atoms with Crippen LogP contribution in [0.2, 0.25) is 36.3 Å². The summed E-state index contributed by atoms with van der Waals surface area (Å²) >= 11 is 0. The summed E-state index contributed by atoms with van der Waals surface area (Å²) in [5.41, 5.74) is -0.294. The molecule has 40 heavy (non-hydrogen) atoms. The zero-order valence-electron chi connectivity index (χ0n) is 27.6. The first-order chi connectivity index (χ1) is 18.8. The number of allylic oxidation sites excluding steroid dienone is 2. The molecule has 2 bridgehead atoms. The fraction of sp³-hybridized carbons (Fsp3) is 0.912. The zero-order chi connectivity index (χ0) is 29.4. The van der Waals surface area contributed by atoms with Crippen LogP contribution in [0.5, 0.6) is 0 Å². The highest BCUT2D eigenvalue weighted by molar-refractivity contribution is 6.74. The van der Waals surface area contributed by atoms with Crippen molar-refractivity contribution in [1.29, 1.82) is 0 Å². The minimum Gasteiger partial charge on any atom is -0.413 e. The van der Waals surface area contributed by atoms with Crippen molar-refractivity contribution in [3.05, 3.63) is 12.2 Å². The van der Waals surface area contributed by atoms with Crippen molar-refractivity contribution in [1.82, 2.24) is 0 Å². The van der Waals surface area contributed by atoms with Gasteiger partial charge < -0.3 is 13.6 Å². The van der Waals surface area contributed by atoms with Crippen LogP contribution in [0, 0.1) is 39.4 Å². The SMILES string of the molecule is CC[Si](CC)(CC)O[C@@H]1C[C@H]2C(C)(C)C3(O[Si](CC)(CC)CC)CC[C@]2(CO3)[C@H]2CC[C@@]3(C)C(=O)C=C[C@H]3[C@@]21C. The highest BCUT2D eigenvalue weighted by Gasteiger charge is 2.76. The Hall–Kier alpha value is -0.276. The number of fused-ring (bicyclic) bond motifs is 5. The van der Waals surface area contributed by atoms with Crippen LogP contribution in [-0.2, 0) is 18.4 Å². The summed E-state index contributed by atoms with van der Waals surface area (Å²) in [6.07, 6.45) is 9.79. The second-order valence-electron chi connectivity index (χ2n) is 15.6. The normalized spacial score (nSPS) is 43.9. The van der Waals surface area contributed by atoms with Gasteiger partial charge in [0.25, 0.3) is 0 Å². The summed E-state index contributed by atoms with van der Waals surface area (Å²) in [5, 5.41) is 0. The summed E-state index contributed by atoms with van der Waals surface area (Å²) in [4.78, 5) is 13.4. The molecule has 8 atom stereocenters. The monoisotopic (exact) mass is 588 g/mol. The number of hydrogen-bond donors (Lipinski definition) is 0. The smallest absolute Gasteiger partial charge is 0.195 e. The highest BCUT2D eigenvalue weighted by Crippen LogP contribution is 2.76. The van der Waals surface area contributed by atoms with E-state index in [2.05, 4.69) is 75.3 Å². The fourth-order valence-corrected chi connectivity index (χ4v) is 17.3. The lowest BCUT2D eigenvalue weighted by Crippen LogP contribution is -2.77. The van der Waals surface area contributed by atoms with Gasteiger partial charge in [-0.25, -0.2) is 0 Å². The average molecular weight is 589 g/mol. The molecule has 0 amide bonds. The van der Waals surface area contributed by atoms with Gasteiger partial charge in [0, 0.05) is 28.1 Å². The molecule has 4 aliphatic carbocycles. The molecule has 0 aromatic carbocycles. The molecule has 6 rings (SSSR count). The Kier molecular flexibility index (Phi) is 7.90. The summed E-state index contributed by atoms with van der Waals surface area (Å²) in [7, 11) is -3.75. The molecule has 2 aliphatic heterocycles. The van der Waals surface area contributed by atoms with Crippen molar-refractivity contribution < 1.29 is 18.4 Å². The van der Waals surface area contributed by atoms with Gasteiger partial charge in [0.15, 0.2) is 28.2 Å². The number of ketones is 1. The molecule has 4 nitrogen and oxygen atoms in total. The Morgan fingerprint density at radius 1 is 0.850 bits per heavy atom.